The fourth-order valence-electron chi connectivity index (χ4n) is 4.80. The summed E-state index contributed by atoms with van der Waals surface area (Å²) in [7, 11) is 4.01. The van der Waals surface area contributed by atoms with Crippen molar-refractivity contribution in [2.75, 3.05) is 14.1 Å². The second-order valence-electron chi connectivity index (χ2n) is 9.43. The number of carbonyl (C=O) groups is 1. The molecule has 2 aromatic heterocycles. The molecule has 5 rings (SSSR count). The standard InChI is InChI=1S/C29H29N3O3/c1-5-26(35-29(34)20-12-10-19(11-13-20)16-31(3)4)23-15-25-27-22(17-32(25)28(33)18(23)2)14-21-8-6-7-9-24(21)30-27/h6-15,26H,5,16-17H2,1-4H3. The first kappa shape index (κ1) is 23.0. The molecule has 1 aliphatic rings. The van der Waals surface area contributed by atoms with Crippen LogP contribution in [0.3, 0.4) is 0 Å². The van der Waals surface area contributed by atoms with E-state index in [9.17, 15) is 9.59 Å². The number of nitrogens with zero attached hydrogens (tertiary/aromatic N) is 3. The van der Waals surface area contributed by atoms with Gasteiger partial charge in [-0.25, -0.2) is 9.78 Å². The molecule has 0 amide bonds. The highest BCUT2D eigenvalue weighted by molar-refractivity contribution is 5.89. The van der Waals surface area contributed by atoms with Crippen LogP contribution in [-0.2, 0) is 17.8 Å². The van der Waals surface area contributed by atoms with Gasteiger partial charge in [0, 0.05) is 28.6 Å². The minimum atomic E-state index is -0.521. The van der Waals surface area contributed by atoms with Crippen molar-refractivity contribution in [3.8, 4) is 11.4 Å². The first-order chi connectivity index (χ1) is 16.9. The van der Waals surface area contributed by atoms with E-state index in [2.05, 4.69) is 11.0 Å². The van der Waals surface area contributed by atoms with Crippen LogP contribution in [0.1, 0.15) is 52.1 Å². The van der Waals surface area contributed by atoms with Gasteiger partial charge in [0.25, 0.3) is 5.56 Å². The van der Waals surface area contributed by atoms with Crippen molar-refractivity contribution in [1.82, 2.24) is 14.5 Å². The topological polar surface area (TPSA) is 64.4 Å². The van der Waals surface area contributed by atoms with Crippen molar-refractivity contribution in [1.29, 1.82) is 0 Å². The Kier molecular flexibility index (Phi) is 5.99. The van der Waals surface area contributed by atoms with Crippen LogP contribution >= 0.6 is 0 Å². The second-order valence-corrected chi connectivity index (χ2v) is 9.43. The van der Waals surface area contributed by atoms with E-state index in [0.29, 0.717) is 24.1 Å². The maximum Gasteiger partial charge on any atom is 0.338 e. The number of carbonyl (C=O) groups excluding carboxylic acids is 1. The van der Waals surface area contributed by atoms with Gasteiger partial charge < -0.3 is 14.2 Å². The smallest absolute Gasteiger partial charge is 0.338 e. The van der Waals surface area contributed by atoms with Crippen molar-refractivity contribution in [3.63, 3.8) is 0 Å². The van der Waals surface area contributed by atoms with Crippen LogP contribution in [0.25, 0.3) is 22.3 Å². The van der Waals surface area contributed by atoms with E-state index in [4.69, 9.17) is 9.72 Å². The van der Waals surface area contributed by atoms with Crippen LogP contribution in [0, 0.1) is 6.92 Å². The molecule has 4 aromatic rings. The first-order valence-electron chi connectivity index (χ1n) is 11.9. The Labute approximate surface area is 204 Å². The minimum absolute atomic E-state index is 0.0675. The van der Waals surface area contributed by atoms with E-state index in [1.165, 1.54) is 0 Å². The molecule has 0 spiro atoms. The summed E-state index contributed by atoms with van der Waals surface area (Å²) in [5.41, 5.74) is 6.42. The van der Waals surface area contributed by atoms with Crippen molar-refractivity contribution in [2.45, 2.75) is 39.5 Å². The van der Waals surface area contributed by atoms with Gasteiger partial charge in [-0.1, -0.05) is 37.3 Å². The summed E-state index contributed by atoms with van der Waals surface area (Å²) in [6.45, 7) is 5.07. The van der Waals surface area contributed by atoms with Crippen molar-refractivity contribution in [2.24, 2.45) is 0 Å². The lowest BCUT2D eigenvalue weighted by Gasteiger charge is -2.20. The van der Waals surface area contributed by atoms with Crippen LogP contribution in [0.2, 0.25) is 0 Å². The highest BCUT2D eigenvalue weighted by Gasteiger charge is 2.27. The lowest BCUT2D eigenvalue weighted by molar-refractivity contribution is 0.0286. The predicted octanol–water partition coefficient (Wildman–Crippen LogP) is 5.10. The van der Waals surface area contributed by atoms with Gasteiger partial charge in [0.2, 0.25) is 0 Å². The summed E-state index contributed by atoms with van der Waals surface area (Å²) < 4.78 is 7.70. The Morgan fingerprint density at radius 3 is 2.57 bits per heavy atom. The molecular formula is C29H29N3O3. The molecule has 0 radical (unpaired) electrons. The van der Waals surface area contributed by atoms with Crippen LogP contribution in [0.5, 0.6) is 0 Å². The Balaban J connectivity index is 1.48. The lowest BCUT2D eigenvalue weighted by Crippen LogP contribution is -2.25. The zero-order valence-corrected chi connectivity index (χ0v) is 20.5. The molecular weight excluding hydrogens is 438 g/mol. The van der Waals surface area contributed by atoms with Crippen molar-refractivity contribution < 1.29 is 9.53 Å². The fraction of sp³-hybridized carbons (Fsp3) is 0.276. The number of hydrogen-bond donors (Lipinski definition) is 0. The molecule has 0 saturated carbocycles. The predicted molar refractivity (Wildman–Crippen MR) is 138 cm³/mol. The second kappa shape index (κ2) is 9.12. The Hall–Kier alpha value is -3.77. The summed E-state index contributed by atoms with van der Waals surface area (Å²) in [5.74, 6) is -0.391. The minimum Gasteiger partial charge on any atom is -0.454 e. The molecule has 6 heteroatoms. The molecule has 0 saturated heterocycles. The molecule has 1 unspecified atom stereocenters. The van der Waals surface area contributed by atoms with Crippen molar-refractivity contribution >= 4 is 16.9 Å². The summed E-state index contributed by atoms with van der Waals surface area (Å²) in [4.78, 5) is 33.2. The summed E-state index contributed by atoms with van der Waals surface area (Å²) in [6, 6.07) is 19.5. The van der Waals surface area contributed by atoms with E-state index >= 15 is 0 Å². The highest BCUT2D eigenvalue weighted by atomic mass is 16.5. The first-order valence-corrected chi connectivity index (χ1v) is 11.9. The summed E-state index contributed by atoms with van der Waals surface area (Å²) >= 11 is 0. The van der Waals surface area contributed by atoms with Crippen LogP contribution < -0.4 is 5.56 Å². The maximum absolute atomic E-state index is 13.3. The molecule has 1 atom stereocenters. The molecule has 0 N–H and O–H groups in total. The van der Waals surface area contributed by atoms with E-state index in [-0.39, 0.29) is 5.56 Å². The molecule has 0 aliphatic carbocycles. The molecule has 178 valence electrons. The number of fused-ring (bicyclic) bond motifs is 4. The average Bonchev–Trinajstić information content (AvgIpc) is 3.21. The van der Waals surface area contributed by atoms with Crippen LogP contribution in [0.15, 0.2) is 65.5 Å². The lowest BCUT2D eigenvalue weighted by atomic mass is 10.0. The number of pyridine rings is 2. The Bertz CT molecular complexity index is 1490. The molecule has 3 heterocycles. The van der Waals surface area contributed by atoms with Gasteiger partial charge in [-0.05, 0) is 63.3 Å². The zero-order valence-electron chi connectivity index (χ0n) is 20.5. The zero-order chi connectivity index (χ0) is 24.7. The van der Waals surface area contributed by atoms with Gasteiger partial charge in [-0.2, -0.15) is 0 Å². The molecule has 1 aliphatic heterocycles. The van der Waals surface area contributed by atoms with Crippen LogP contribution in [0.4, 0.5) is 0 Å². The molecule has 2 aromatic carbocycles. The Morgan fingerprint density at radius 2 is 1.86 bits per heavy atom. The number of ether oxygens (including phenoxy) is 1. The molecule has 35 heavy (non-hydrogen) atoms. The fourth-order valence-corrected chi connectivity index (χ4v) is 4.80. The third-order valence-electron chi connectivity index (χ3n) is 6.61. The SMILES string of the molecule is CCC(OC(=O)c1ccc(CN(C)C)cc1)c1cc2n(c(=O)c1C)Cc1cc3ccccc3nc1-2. The number of para-hydroxylation sites is 1. The number of aromatic nitrogens is 2. The third kappa shape index (κ3) is 4.26. The largest absolute Gasteiger partial charge is 0.454 e. The molecule has 6 nitrogen and oxygen atoms in total. The van der Waals surface area contributed by atoms with E-state index in [0.717, 1.165) is 45.5 Å². The highest BCUT2D eigenvalue weighted by Crippen LogP contribution is 2.35. The van der Waals surface area contributed by atoms with E-state index in [1.54, 1.807) is 16.7 Å². The van der Waals surface area contributed by atoms with Gasteiger partial charge in [0.05, 0.1) is 29.0 Å². The Morgan fingerprint density at radius 1 is 1.11 bits per heavy atom. The summed E-state index contributed by atoms with van der Waals surface area (Å²) in [6.07, 6.45) is 0.0405. The molecule has 0 bridgehead atoms. The number of rotatable bonds is 6. The van der Waals surface area contributed by atoms with Crippen molar-refractivity contribution in [3.05, 3.63) is 98.8 Å². The van der Waals surface area contributed by atoms with E-state index < -0.39 is 12.1 Å². The van der Waals surface area contributed by atoms with Gasteiger partial charge in [0.1, 0.15) is 6.10 Å². The summed E-state index contributed by atoms with van der Waals surface area (Å²) in [5, 5.41) is 1.06. The quantitative estimate of drug-likeness (QED) is 0.325. The van der Waals surface area contributed by atoms with E-state index in [1.807, 2.05) is 70.4 Å². The van der Waals surface area contributed by atoms with Crippen LogP contribution in [-0.4, -0.2) is 34.5 Å². The number of esters is 1. The monoisotopic (exact) mass is 467 g/mol. The van der Waals surface area contributed by atoms with Gasteiger partial charge in [-0.3, -0.25) is 4.79 Å². The van der Waals surface area contributed by atoms with Gasteiger partial charge in [-0.15, -0.1) is 0 Å². The average molecular weight is 468 g/mol. The normalized spacial score (nSPS) is 13.1. The number of benzene rings is 2. The maximum atomic E-state index is 13.3. The molecule has 0 fully saturated rings. The van der Waals surface area contributed by atoms with Gasteiger partial charge in [0.15, 0.2) is 0 Å². The van der Waals surface area contributed by atoms with Gasteiger partial charge >= 0.3 is 5.97 Å². The number of hydrogen-bond acceptors (Lipinski definition) is 5. The third-order valence-corrected chi connectivity index (χ3v) is 6.61.